The Morgan fingerprint density at radius 1 is 1.18 bits per heavy atom. The van der Waals surface area contributed by atoms with Crippen LogP contribution in [-0.2, 0) is 26.1 Å². The predicted octanol–water partition coefficient (Wildman–Crippen LogP) is 3.62. The molecule has 10 heteroatoms. The number of nitrogens with zero attached hydrogens (tertiary/aromatic N) is 5. The Morgan fingerprint density at radius 3 is 2.79 bits per heavy atom. The summed E-state index contributed by atoms with van der Waals surface area (Å²) in [5.41, 5.74) is 1.96. The van der Waals surface area contributed by atoms with Crippen molar-refractivity contribution in [1.82, 2.24) is 29.4 Å². The first kappa shape index (κ1) is 21.9. The molecule has 0 fully saturated rings. The molecule has 4 heterocycles. The zero-order valence-corrected chi connectivity index (χ0v) is 20.0. The monoisotopic (exact) mass is 484 g/mol. The Bertz CT molecular complexity index is 1360. The number of benzene rings is 1. The van der Waals surface area contributed by atoms with Crippen molar-refractivity contribution in [3.05, 3.63) is 67.8 Å². The van der Waals surface area contributed by atoms with Gasteiger partial charge in [-0.15, -0.1) is 11.3 Å². The first-order valence-electron chi connectivity index (χ1n) is 11.2. The number of aromatic nitrogens is 5. The predicted molar refractivity (Wildman–Crippen MR) is 129 cm³/mol. The normalized spacial score (nSPS) is 13.4. The van der Waals surface area contributed by atoms with Crippen LogP contribution >= 0.6 is 22.9 Å². The Balaban J connectivity index is 1.21. The third kappa shape index (κ3) is 4.47. The van der Waals surface area contributed by atoms with Crippen molar-refractivity contribution >= 4 is 39.1 Å². The molecule has 0 bridgehead atoms. The van der Waals surface area contributed by atoms with E-state index in [2.05, 4.69) is 15.5 Å². The van der Waals surface area contributed by atoms with Gasteiger partial charge in [0.05, 0.1) is 17.1 Å². The third-order valence-electron chi connectivity index (χ3n) is 5.94. The van der Waals surface area contributed by atoms with Crippen LogP contribution < -0.4 is 11.0 Å². The van der Waals surface area contributed by atoms with Crippen LogP contribution in [0.4, 0.5) is 0 Å². The van der Waals surface area contributed by atoms with Crippen LogP contribution in [-0.4, -0.2) is 36.6 Å². The van der Waals surface area contributed by atoms with Crippen molar-refractivity contribution < 1.29 is 4.79 Å². The van der Waals surface area contributed by atoms with Gasteiger partial charge in [-0.2, -0.15) is 10.2 Å². The molecule has 33 heavy (non-hydrogen) atoms. The average Bonchev–Trinajstić information content (AvgIpc) is 3.47. The van der Waals surface area contributed by atoms with Gasteiger partial charge in [-0.1, -0.05) is 23.7 Å². The van der Waals surface area contributed by atoms with E-state index in [1.807, 2.05) is 41.9 Å². The molecule has 0 saturated heterocycles. The van der Waals surface area contributed by atoms with Gasteiger partial charge in [-0.05, 0) is 49.9 Å². The van der Waals surface area contributed by atoms with Crippen LogP contribution in [0.2, 0.25) is 5.02 Å². The maximum atomic E-state index is 12.7. The van der Waals surface area contributed by atoms with Crippen molar-refractivity contribution in [3.8, 4) is 0 Å². The molecule has 172 valence electrons. The van der Waals surface area contributed by atoms with Crippen molar-refractivity contribution in [1.29, 1.82) is 0 Å². The van der Waals surface area contributed by atoms with Crippen LogP contribution in [0.1, 0.15) is 46.0 Å². The second-order valence-corrected chi connectivity index (χ2v) is 9.81. The zero-order valence-electron chi connectivity index (χ0n) is 18.4. The van der Waals surface area contributed by atoms with Gasteiger partial charge in [0, 0.05) is 36.5 Å². The van der Waals surface area contributed by atoms with Gasteiger partial charge in [0.2, 0.25) is 0 Å². The highest BCUT2D eigenvalue weighted by atomic mass is 35.5. The topological polar surface area (TPSA) is 86.7 Å². The molecular weight excluding hydrogens is 460 g/mol. The maximum absolute atomic E-state index is 12.7. The number of carbonyl (C=O) groups is 1. The Morgan fingerprint density at radius 2 is 2.00 bits per heavy atom. The first-order valence-corrected chi connectivity index (χ1v) is 12.3. The van der Waals surface area contributed by atoms with Gasteiger partial charge in [0.1, 0.15) is 10.7 Å². The number of thiophene rings is 1. The Hall–Kier alpha value is -2.91. The highest BCUT2D eigenvalue weighted by Crippen LogP contribution is 2.29. The fourth-order valence-corrected chi connectivity index (χ4v) is 5.41. The number of carbonyl (C=O) groups excluding carboxylic acids is 1. The molecule has 5 rings (SSSR count). The van der Waals surface area contributed by atoms with Crippen molar-refractivity contribution in [2.24, 2.45) is 0 Å². The fraction of sp³-hybridized carbons (Fsp3) is 0.391. The summed E-state index contributed by atoms with van der Waals surface area (Å²) >= 11 is 7.43. The van der Waals surface area contributed by atoms with Gasteiger partial charge in [-0.3, -0.25) is 14.0 Å². The number of hydrogen-bond donors (Lipinski definition) is 1. The Kier molecular flexibility index (Phi) is 6.07. The van der Waals surface area contributed by atoms with E-state index in [4.69, 9.17) is 11.6 Å². The zero-order chi connectivity index (χ0) is 22.9. The van der Waals surface area contributed by atoms with Gasteiger partial charge in [0.15, 0.2) is 0 Å². The number of rotatable bonds is 7. The lowest BCUT2D eigenvalue weighted by atomic mass is 10.2. The van der Waals surface area contributed by atoms with E-state index < -0.39 is 0 Å². The smallest absolute Gasteiger partial charge is 0.345 e. The summed E-state index contributed by atoms with van der Waals surface area (Å²) in [5.74, 6) is 0.772. The molecule has 0 spiro atoms. The molecule has 1 aromatic carbocycles. The molecule has 4 aromatic rings. The summed E-state index contributed by atoms with van der Waals surface area (Å²) in [5, 5.41) is 13.7. The maximum Gasteiger partial charge on any atom is 0.345 e. The molecule has 0 unspecified atom stereocenters. The van der Waals surface area contributed by atoms with E-state index >= 15 is 0 Å². The van der Waals surface area contributed by atoms with E-state index in [9.17, 15) is 9.59 Å². The average molecular weight is 485 g/mol. The summed E-state index contributed by atoms with van der Waals surface area (Å²) in [4.78, 5) is 26.8. The number of nitrogens with one attached hydrogen (secondary N) is 1. The summed E-state index contributed by atoms with van der Waals surface area (Å²) in [6.07, 6.45) is 3.62. The van der Waals surface area contributed by atoms with Gasteiger partial charge < -0.3 is 5.32 Å². The lowest BCUT2D eigenvalue weighted by molar-refractivity contribution is 0.0956. The fourth-order valence-electron chi connectivity index (χ4n) is 4.21. The molecule has 1 aliphatic rings. The summed E-state index contributed by atoms with van der Waals surface area (Å²) in [7, 11) is 0. The van der Waals surface area contributed by atoms with E-state index in [1.165, 1.54) is 16.0 Å². The number of amides is 1. The number of hydrogen-bond acceptors (Lipinski definition) is 5. The summed E-state index contributed by atoms with van der Waals surface area (Å²) < 4.78 is 5.23. The lowest BCUT2D eigenvalue weighted by Gasteiger charge is -2.09. The van der Waals surface area contributed by atoms with Gasteiger partial charge in [-0.25, -0.2) is 9.48 Å². The van der Waals surface area contributed by atoms with Crippen molar-refractivity contribution in [2.75, 3.05) is 6.54 Å². The third-order valence-corrected chi connectivity index (χ3v) is 7.34. The minimum Gasteiger partial charge on any atom is -0.351 e. The van der Waals surface area contributed by atoms with E-state index in [-0.39, 0.29) is 11.6 Å². The highest BCUT2D eigenvalue weighted by molar-refractivity contribution is 7.20. The van der Waals surface area contributed by atoms with Gasteiger partial charge >= 0.3 is 5.69 Å². The standard InChI is InChI=1S/C23H25ClN6O2S/c1-15-18-13-19(33-22(18)30(26-15)14-16-6-8-17(24)9-7-16)21(31)25-10-4-12-29-23(32)28-11-3-2-5-20(28)27-29/h6-9,13H,2-5,10-12,14H2,1H3,(H,25,31). The lowest BCUT2D eigenvalue weighted by Crippen LogP contribution is -2.29. The summed E-state index contributed by atoms with van der Waals surface area (Å²) in [6, 6.07) is 9.60. The van der Waals surface area contributed by atoms with Crippen molar-refractivity contribution in [3.63, 3.8) is 0 Å². The molecule has 1 N–H and O–H groups in total. The molecule has 3 aromatic heterocycles. The molecule has 0 saturated carbocycles. The van der Waals surface area contributed by atoms with Gasteiger partial charge in [0.25, 0.3) is 5.91 Å². The minimum absolute atomic E-state index is 0.0405. The van der Waals surface area contributed by atoms with Crippen LogP contribution in [0.5, 0.6) is 0 Å². The summed E-state index contributed by atoms with van der Waals surface area (Å²) in [6.45, 7) is 4.31. The van der Waals surface area contributed by atoms with Crippen LogP contribution in [0.3, 0.4) is 0 Å². The van der Waals surface area contributed by atoms with Crippen LogP contribution in [0.15, 0.2) is 35.1 Å². The quantitative estimate of drug-likeness (QED) is 0.406. The van der Waals surface area contributed by atoms with Crippen LogP contribution in [0.25, 0.3) is 10.2 Å². The number of halogens is 1. The minimum atomic E-state index is -0.106. The molecule has 1 aliphatic heterocycles. The highest BCUT2D eigenvalue weighted by Gasteiger charge is 2.18. The Labute approximate surface area is 199 Å². The number of fused-ring (bicyclic) bond motifs is 2. The van der Waals surface area contributed by atoms with E-state index in [0.29, 0.717) is 36.0 Å². The first-order chi connectivity index (χ1) is 16.0. The SMILES string of the molecule is Cc1nn(Cc2ccc(Cl)cc2)c2sc(C(=O)NCCCn3nc4n(c3=O)CCCC4)cc12. The molecule has 0 radical (unpaired) electrons. The molecule has 0 atom stereocenters. The van der Waals surface area contributed by atoms with E-state index in [0.717, 1.165) is 53.1 Å². The van der Waals surface area contributed by atoms with Crippen LogP contribution in [0, 0.1) is 6.92 Å². The molecular formula is C23H25ClN6O2S. The van der Waals surface area contributed by atoms with Crippen molar-refractivity contribution in [2.45, 2.75) is 52.2 Å². The number of aryl methyl sites for hydroxylation is 3. The second-order valence-electron chi connectivity index (χ2n) is 8.34. The second kappa shape index (κ2) is 9.15. The molecule has 8 nitrogen and oxygen atoms in total. The molecule has 1 amide bonds. The largest absolute Gasteiger partial charge is 0.351 e. The van der Waals surface area contributed by atoms with E-state index in [1.54, 1.807) is 4.57 Å². The molecule has 0 aliphatic carbocycles.